The second-order valence-electron chi connectivity index (χ2n) is 5.17. The molecule has 0 bridgehead atoms. The lowest BCUT2D eigenvalue weighted by Crippen LogP contribution is -2.05. The van der Waals surface area contributed by atoms with Crippen LogP contribution in [0.15, 0.2) is 66.6 Å². The van der Waals surface area contributed by atoms with Crippen LogP contribution in [0.3, 0.4) is 0 Å². The van der Waals surface area contributed by atoms with E-state index in [4.69, 9.17) is 11.6 Å². The Kier molecular flexibility index (Phi) is 5.63. The van der Waals surface area contributed by atoms with Crippen molar-refractivity contribution in [1.29, 1.82) is 0 Å². The van der Waals surface area contributed by atoms with E-state index in [1.165, 1.54) is 11.8 Å². The molecule has 5 nitrogen and oxygen atoms in total. The zero-order valence-electron chi connectivity index (χ0n) is 13.3. The highest BCUT2D eigenvalue weighted by Gasteiger charge is 2.15. The molecule has 0 spiro atoms. The highest BCUT2D eigenvalue weighted by Crippen LogP contribution is 2.24. The minimum absolute atomic E-state index is 0.0118. The van der Waals surface area contributed by atoms with Gasteiger partial charge in [0.1, 0.15) is 0 Å². The van der Waals surface area contributed by atoms with E-state index in [1.807, 2.05) is 16.7 Å². The van der Waals surface area contributed by atoms with Crippen LogP contribution in [0.2, 0.25) is 5.02 Å². The van der Waals surface area contributed by atoms with E-state index in [-0.39, 0.29) is 11.5 Å². The van der Waals surface area contributed by atoms with Crippen LogP contribution in [-0.4, -0.2) is 31.3 Å². The highest BCUT2D eigenvalue weighted by molar-refractivity contribution is 7.99. The monoisotopic (exact) mass is 370 g/mol. The first-order chi connectivity index (χ1) is 12.2. The molecule has 0 unspecified atom stereocenters. The average molecular weight is 371 g/mol. The van der Waals surface area contributed by atoms with Gasteiger partial charge in [-0.15, -0.1) is 16.8 Å². The van der Waals surface area contributed by atoms with Gasteiger partial charge in [0.25, 0.3) is 0 Å². The number of thioether (sulfide) groups is 1. The molecule has 2 heterocycles. The summed E-state index contributed by atoms with van der Waals surface area (Å²) in [6, 6.07) is 10.6. The fourth-order valence-electron chi connectivity index (χ4n) is 2.25. The van der Waals surface area contributed by atoms with E-state index >= 15 is 0 Å². The van der Waals surface area contributed by atoms with Gasteiger partial charge in [-0.1, -0.05) is 29.4 Å². The summed E-state index contributed by atoms with van der Waals surface area (Å²) in [5.74, 6) is 0.983. The van der Waals surface area contributed by atoms with Crippen molar-refractivity contribution in [2.45, 2.75) is 11.7 Å². The van der Waals surface area contributed by atoms with Gasteiger partial charge in [0.2, 0.25) is 0 Å². The fourth-order valence-corrected chi connectivity index (χ4v) is 3.22. The third-order valence-corrected chi connectivity index (χ3v) is 4.67. The smallest absolute Gasteiger partial charge is 0.192 e. The Morgan fingerprint density at radius 2 is 2.04 bits per heavy atom. The normalized spacial score (nSPS) is 10.6. The third kappa shape index (κ3) is 4.15. The van der Waals surface area contributed by atoms with Gasteiger partial charge in [-0.25, -0.2) is 0 Å². The van der Waals surface area contributed by atoms with Gasteiger partial charge >= 0.3 is 0 Å². The predicted octanol–water partition coefficient (Wildman–Crippen LogP) is 4.15. The molecule has 0 saturated heterocycles. The quantitative estimate of drug-likeness (QED) is 0.355. The molecule has 0 saturated carbocycles. The lowest BCUT2D eigenvalue weighted by atomic mass is 10.1. The average Bonchev–Trinajstić information content (AvgIpc) is 3.04. The Labute approximate surface area is 154 Å². The van der Waals surface area contributed by atoms with Crippen LogP contribution < -0.4 is 0 Å². The van der Waals surface area contributed by atoms with Crippen LogP contribution in [0.4, 0.5) is 0 Å². The van der Waals surface area contributed by atoms with Gasteiger partial charge in [-0.2, -0.15) is 0 Å². The van der Waals surface area contributed by atoms with Crippen molar-refractivity contribution in [3.05, 3.63) is 72.0 Å². The van der Waals surface area contributed by atoms with Gasteiger partial charge in [0.05, 0.1) is 5.75 Å². The summed E-state index contributed by atoms with van der Waals surface area (Å²) in [6.45, 7) is 4.33. The van der Waals surface area contributed by atoms with Crippen molar-refractivity contribution in [3.8, 4) is 11.4 Å². The second-order valence-corrected chi connectivity index (χ2v) is 6.54. The molecule has 0 radical (unpaired) electrons. The summed E-state index contributed by atoms with van der Waals surface area (Å²) in [6.07, 6.45) is 5.21. The van der Waals surface area contributed by atoms with Gasteiger partial charge in [-0.3, -0.25) is 14.3 Å². The van der Waals surface area contributed by atoms with E-state index in [0.29, 0.717) is 28.1 Å². The molecular weight excluding hydrogens is 356 g/mol. The Morgan fingerprint density at radius 1 is 1.24 bits per heavy atom. The van der Waals surface area contributed by atoms with Gasteiger partial charge < -0.3 is 0 Å². The zero-order chi connectivity index (χ0) is 17.6. The topological polar surface area (TPSA) is 60.7 Å². The molecule has 3 aromatic rings. The molecule has 25 heavy (non-hydrogen) atoms. The maximum Gasteiger partial charge on any atom is 0.192 e. The van der Waals surface area contributed by atoms with Crippen molar-refractivity contribution >= 4 is 29.1 Å². The van der Waals surface area contributed by atoms with Crippen LogP contribution in [0.5, 0.6) is 0 Å². The van der Waals surface area contributed by atoms with Crippen molar-refractivity contribution in [2.75, 3.05) is 5.75 Å². The van der Waals surface area contributed by atoms with Crippen LogP contribution in [0, 0.1) is 0 Å². The Hall–Kier alpha value is -2.44. The number of benzene rings is 1. The van der Waals surface area contributed by atoms with Crippen molar-refractivity contribution in [1.82, 2.24) is 19.7 Å². The van der Waals surface area contributed by atoms with Crippen molar-refractivity contribution < 1.29 is 4.79 Å². The summed E-state index contributed by atoms with van der Waals surface area (Å²) in [4.78, 5) is 16.4. The first kappa shape index (κ1) is 17.4. The molecule has 0 aliphatic heterocycles. The number of nitrogens with zero attached hydrogens (tertiary/aromatic N) is 4. The van der Waals surface area contributed by atoms with Crippen LogP contribution >= 0.6 is 23.4 Å². The van der Waals surface area contributed by atoms with E-state index in [9.17, 15) is 4.79 Å². The van der Waals surface area contributed by atoms with Gasteiger partial charge in [0, 0.05) is 35.1 Å². The minimum Gasteiger partial charge on any atom is -0.298 e. The molecule has 126 valence electrons. The van der Waals surface area contributed by atoms with Crippen LogP contribution in [0.1, 0.15) is 10.4 Å². The molecule has 0 aliphatic carbocycles. The Morgan fingerprint density at radius 3 is 2.72 bits per heavy atom. The first-order valence-corrected chi connectivity index (χ1v) is 8.91. The summed E-state index contributed by atoms with van der Waals surface area (Å²) in [5.41, 5.74) is 1.49. The molecule has 2 aromatic heterocycles. The molecule has 0 amide bonds. The molecule has 1 aromatic carbocycles. The van der Waals surface area contributed by atoms with Crippen molar-refractivity contribution in [3.63, 3.8) is 0 Å². The summed E-state index contributed by atoms with van der Waals surface area (Å²) in [7, 11) is 0. The number of Topliss-reactive ketones (excluding diaryl/α,β-unsaturated/α-hetero) is 1. The SMILES string of the molecule is C=CCn1c(SCC(=O)c2ccc(Cl)cc2)nnc1-c1cccnc1. The highest BCUT2D eigenvalue weighted by atomic mass is 35.5. The van der Waals surface area contributed by atoms with Gasteiger partial charge in [-0.05, 0) is 36.4 Å². The fraction of sp³-hybridized carbons (Fsp3) is 0.111. The van der Waals surface area contributed by atoms with Gasteiger partial charge in [0.15, 0.2) is 16.8 Å². The lowest BCUT2D eigenvalue weighted by Gasteiger charge is -2.07. The molecule has 0 atom stereocenters. The molecule has 3 rings (SSSR count). The minimum atomic E-state index is 0.0118. The summed E-state index contributed by atoms with van der Waals surface area (Å²) < 4.78 is 1.92. The number of halogens is 1. The zero-order valence-corrected chi connectivity index (χ0v) is 14.9. The molecule has 0 fully saturated rings. The van der Waals surface area contributed by atoms with E-state index in [0.717, 1.165) is 5.56 Å². The number of rotatable bonds is 7. The molecule has 7 heteroatoms. The predicted molar refractivity (Wildman–Crippen MR) is 100.0 cm³/mol. The Bertz CT molecular complexity index is 878. The maximum absolute atomic E-state index is 12.3. The molecular formula is C18H15ClN4OS. The first-order valence-electron chi connectivity index (χ1n) is 7.55. The maximum atomic E-state index is 12.3. The number of carbonyl (C=O) groups is 1. The number of allylic oxidation sites excluding steroid dienone is 1. The van der Waals surface area contributed by atoms with E-state index < -0.39 is 0 Å². The largest absolute Gasteiger partial charge is 0.298 e. The Balaban J connectivity index is 1.78. The number of hydrogen-bond acceptors (Lipinski definition) is 5. The van der Waals surface area contributed by atoms with Crippen molar-refractivity contribution in [2.24, 2.45) is 0 Å². The van der Waals surface area contributed by atoms with Crippen LogP contribution in [0.25, 0.3) is 11.4 Å². The summed E-state index contributed by atoms with van der Waals surface area (Å²) >= 11 is 7.20. The van der Waals surface area contributed by atoms with E-state index in [1.54, 1.807) is 42.7 Å². The number of ketones is 1. The second kappa shape index (κ2) is 8.09. The number of aromatic nitrogens is 4. The molecule has 0 aliphatic rings. The number of pyridine rings is 1. The number of carbonyl (C=O) groups excluding carboxylic acids is 1. The lowest BCUT2D eigenvalue weighted by molar-refractivity contribution is 0.102. The molecule has 0 N–H and O–H groups in total. The van der Waals surface area contributed by atoms with E-state index in [2.05, 4.69) is 21.8 Å². The van der Waals surface area contributed by atoms with Crippen LogP contribution in [-0.2, 0) is 6.54 Å². The summed E-state index contributed by atoms with van der Waals surface area (Å²) in [5, 5.41) is 9.74. The third-order valence-electron chi connectivity index (χ3n) is 3.45. The standard InChI is InChI=1S/C18H15ClN4OS/c1-2-10-23-17(14-4-3-9-20-11-14)21-22-18(23)25-12-16(24)13-5-7-15(19)8-6-13/h2-9,11H,1,10,12H2. The number of hydrogen-bond donors (Lipinski definition) is 0.